The molecule has 0 aliphatic heterocycles. The lowest BCUT2D eigenvalue weighted by Crippen LogP contribution is -2.28. The smallest absolute Gasteiger partial charge is 0.164 e. The highest BCUT2D eigenvalue weighted by molar-refractivity contribution is 9.10. The fourth-order valence-corrected chi connectivity index (χ4v) is 2.38. The van der Waals surface area contributed by atoms with Gasteiger partial charge in [0.1, 0.15) is 5.52 Å². The maximum Gasteiger partial charge on any atom is 0.204 e. The standard InChI is InChI=1S/C9H9BrN2S/c1-12-5-6-7(10)3-4-8(13-2)9(6)11-12/h3-5H,1-2H3/p+1. The molecule has 0 aliphatic rings. The van der Waals surface area contributed by atoms with Gasteiger partial charge in [0.05, 0.1) is 5.39 Å². The van der Waals surface area contributed by atoms with E-state index in [9.17, 15) is 0 Å². The van der Waals surface area contributed by atoms with Crippen LogP contribution in [-0.4, -0.2) is 11.4 Å². The highest BCUT2D eigenvalue weighted by Crippen LogP contribution is 2.29. The zero-order valence-electron chi connectivity index (χ0n) is 7.47. The van der Waals surface area contributed by atoms with Gasteiger partial charge in [-0.15, -0.1) is 16.4 Å². The Morgan fingerprint density at radius 1 is 1.46 bits per heavy atom. The Morgan fingerprint density at radius 3 is 2.92 bits per heavy atom. The van der Waals surface area contributed by atoms with Crippen molar-refractivity contribution in [2.45, 2.75) is 4.90 Å². The molecule has 1 aromatic carbocycles. The molecule has 0 fully saturated rings. The summed E-state index contributed by atoms with van der Waals surface area (Å²) in [7, 11) is 2.00. The third-order valence-electron chi connectivity index (χ3n) is 1.98. The summed E-state index contributed by atoms with van der Waals surface area (Å²) >= 11 is 5.29. The first-order valence-corrected chi connectivity index (χ1v) is 5.95. The second kappa shape index (κ2) is 3.35. The molecule has 0 saturated heterocycles. The van der Waals surface area contributed by atoms with E-state index in [1.165, 1.54) is 15.8 Å². The molecule has 0 aliphatic carbocycles. The minimum absolute atomic E-state index is 1.14. The average Bonchev–Trinajstić information content (AvgIpc) is 2.48. The van der Waals surface area contributed by atoms with E-state index in [0.29, 0.717) is 0 Å². The van der Waals surface area contributed by atoms with E-state index in [4.69, 9.17) is 0 Å². The number of hydrogen-bond donors (Lipinski definition) is 1. The fourth-order valence-electron chi connectivity index (χ4n) is 1.39. The van der Waals surface area contributed by atoms with Crippen LogP contribution >= 0.6 is 27.7 Å². The maximum absolute atomic E-state index is 3.53. The van der Waals surface area contributed by atoms with Crippen LogP contribution in [0.3, 0.4) is 0 Å². The van der Waals surface area contributed by atoms with Gasteiger partial charge in [-0.25, -0.2) is 0 Å². The van der Waals surface area contributed by atoms with E-state index in [-0.39, 0.29) is 0 Å². The molecular weight excluding hydrogens is 248 g/mol. The summed E-state index contributed by atoms with van der Waals surface area (Å²) < 4.78 is 3.10. The van der Waals surface area contributed by atoms with Crippen molar-refractivity contribution in [1.29, 1.82) is 0 Å². The van der Waals surface area contributed by atoms with Crippen LogP contribution in [0.5, 0.6) is 0 Å². The molecule has 68 valence electrons. The Morgan fingerprint density at radius 2 is 2.23 bits per heavy atom. The molecule has 0 radical (unpaired) electrons. The van der Waals surface area contributed by atoms with Gasteiger partial charge in [-0.05, 0) is 34.3 Å². The summed E-state index contributed by atoms with van der Waals surface area (Å²) in [5.41, 5.74) is 1.20. The fraction of sp³-hybridized carbons (Fsp3) is 0.222. The van der Waals surface area contributed by atoms with Crippen molar-refractivity contribution in [1.82, 2.24) is 5.10 Å². The molecule has 0 unspecified atom stereocenters. The monoisotopic (exact) mass is 257 g/mol. The number of fused-ring (bicyclic) bond motifs is 1. The van der Waals surface area contributed by atoms with Gasteiger partial charge in [-0.1, -0.05) is 0 Å². The van der Waals surface area contributed by atoms with Crippen LogP contribution in [0, 0.1) is 0 Å². The zero-order valence-corrected chi connectivity index (χ0v) is 9.87. The summed E-state index contributed by atoms with van der Waals surface area (Å²) in [6.07, 6.45) is 4.17. The molecule has 13 heavy (non-hydrogen) atoms. The Bertz CT molecular complexity index is 450. The van der Waals surface area contributed by atoms with Gasteiger partial charge in [0.2, 0.25) is 6.20 Å². The van der Waals surface area contributed by atoms with Crippen molar-refractivity contribution >= 4 is 38.6 Å². The lowest BCUT2D eigenvalue weighted by molar-refractivity contribution is -0.724. The lowest BCUT2D eigenvalue weighted by atomic mass is 10.3. The molecule has 0 atom stereocenters. The van der Waals surface area contributed by atoms with Crippen LogP contribution in [0.1, 0.15) is 0 Å². The molecule has 2 rings (SSSR count). The first kappa shape index (κ1) is 9.09. The van der Waals surface area contributed by atoms with Crippen LogP contribution in [0.2, 0.25) is 0 Å². The summed E-state index contributed by atoms with van der Waals surface area (Å²) in [5.74, 6) is 0. The van der Waals surface area contributed by atoms with E-state index < -0.39 is 0 Å². The van der Waals surface area contributed by atoms with E-state index >= 15 is 0 Å². The van der Waals surface area contributed by atoms with Crippen LogP contribution in [0.25, 0.3) is 10.9 Å². The minimum atomic E-state index is 1.14. The van der Waals surface area contributed by atoms with Crippen molar-refractivity contribution in [3.8, 4) is 0 Å². The van der Waals surface area contributed by atoms with Gasteiger partial charge in [-0.3, -0.25) is 0 Å². The van der Waals surface area contributed by atoms with Crippen molar-refractivity contribution < 1.29 is 4.68 Å². The number of benzene rings is 1. The average molecular weight is 258 g/mol. The van der Waals surface area contributed by atoms with Crippen LogP contribution in [-0.2, 0) is 7.05 Å². The Labute approximate surface area is 89.4 Å². The Balaban J connectivity index is 2.83. The molecule has 0 bridgehead atoms. The quantitative estimate of drug-likeness (QED) is 0.615. The Hall–Kier alpha value is -0.480. The number of nitrogens with zero attached hydrogens (tertiary/aromatic N) is 1. The van der Waals surface area contributed by atoms with Crippen molar-refractivity contribution in [3.63, 3.8) is 0 Å². The normalized spacial score (nSPS) is 11.0. The SMILES string of the molecule is CSc1ccc(Br)c2c[n+](C)[nH]c12. The Kier molecular flexibility index (Phi) is 2.34. The van der Waals surface area contributed by atoms with Gasteiger partial charge in [-0.2, -0.15) is 5.10 Å². The highest BCUT2D eigenvalue weighted by Gasteiger charge is 2.10. The largest absolute Gasteiger partial charge is 0.204 e. The first-order chi connectivity index (χ1) is 6.22. The van der Waals surface area contributed by atoms with Crippen LogP contribution < -0.4 is 4.68 Å². The summed E-state index contributed by atoms with van der Waals surface area (Å²) in [6, 6.07) is 4.20. The predicted molar refractivity (Wildman–Crippen MR) is 59.0 cm³/mol. The number of hydrogen-bond acceptors (Lipinski definition) is 1. The lowest BCUT2D eigenvalue weighted by Gasteiger charge is -1.96. The first-order valence-electron chi connectivity index (χ1n) is 3.93. The van der Waals surface area contributed by atoms with E-state index in [0.717, 1.165) is 4.47 Å². The van der Waals surface area contributed by atoms with Gasteiger partial charge in [0.25, 0.3) is 0 Å². The number of H-pyrrole nitrogens is 1. The van der Waals surface area contributed by atoms with Gasteiger partial charge in [0, 0.05) is 9.37 Å². The molecule has 0 amide bonds. The number of thioether (sulfide) groups is 1. The molecule has 2 nitrogen and oxygen atoms in total. The number of aryl methyl sites for hydroxylation is 1. The third kappa shape index (κ3) is 1.48. The molecular formula is C9H10BrN2S+. The molecule has 0 spiro atoms. The molecule has 1 N–H and O–H groups in total. The number of aromatic amines is 1. The number of halogens is 1. The zero-order chi connectivity index (χ0) is 9.42. The van der Waals surface area contributed by atoms with Crippen molar-refractivity contribution in [2.24, 2.45) is 7.05 Å². The summed E-state index contributed by atoms with van der Waals surface area (Å²) in [6.45, 7) is 0. The third-order valence-corrected chi connectivity index (χ3v) is 3.46. The number of aromatic nitrogens is 2. The molecule has 1 heterocycles. The topological polar surface area (TPSA) is 19.7 Å². The number of rotatable bonds is 1. The van der Waals surface area contributed by atoms with Crippen molar-refractivity contribution in [3.05, 3.63) is 22.8 Å². The highest BCUT2D eigenvalue weighted by atomic mass is 79.9. The number of nitrogens with one attached hydrogen (secondary N) is 1. The summed E-state index contributed by atoms with van der Waals surface area (Å²) in [4.78, 5) is 1.28. The molecule has 1 aromatic heterocycles. The predicted octanol–water partition coefficient (Wildman–Crippen LogP) is 2.48. The van der Waals surface area contributed by atoms with E-state index in [1.807, 2.05) is 11.7 Å². The van der Waals surface area contributed by atoms with Gasteiger partial charge in [0.15, 0.2) is 7.05 Å². The summed E-state index contributed by atoms with van der Waals surface area (Å²) in [5, 5.41) is 4.52. The van der Waals surface area contributed by atoms with Crippen LogP contribution in [0.15, 0.2) is 27.7 Å². The molecule has 0 saturated carbocycles. The van der Waals surface area contributed by atoms with Crippen LogP contribution in [0.4, 0.5) is 0 Å². The van der Waals surface area contributed by atoms with E-state index in [1.54, 1.807) is 11.8 Å². The molecule has 4 heteroatoms. The van der Waals surface area contributed by atoms with Gasteiger partial charge >= 0.3 is 0 Å². The maximum atomic E-state index is 3.53. The second-order valence-corrected chi connectivity index (χ2v) is 4.59. The second-order valence-electron chi connectivity index (χ2n) is 2.89. The van der Waals surface area contributed by atoms with Gasteiger partial charge < -0.3 is 0 Å². The van der Waals surface area contributed by atoms with E-state index in [2.05, 4.69) is 45.6 Å². The minimum Gasteiger partial charge on any atom is -0.164 e. The van der Waals surface area contributed by atoms with Crippen molar-refractivity contribution in [2.75, 3.05) is 6.26 Å². The molecule has 2 aromatic rings.